The molecule has 0 bridgehead atoms. The van der Waals surface area contributed by atoms with Gasteiger partial charge in [0.05, 0.1) is 0 Å². The Labute approximate surface area is 184 Å². The van der Waals surface area contributed by atoms with Gasteiger partial charge in [0.1, 0.15) is 17.5 Å². The number of hydrogen-bond acceptors (Lipinski definition) is 5. The van der Waals surface area contributed by atoms with Gasteiger partial charge in [-0.1, -0.05) is 36.4 Å². The first kappa shape index (κ1) is 20.9. The Bertz CT molecular complexity index is 921. The summed E-state index contributed by atoms with van der Waals surface area (Å²) < 4.78 is 0. The third kappa shape index (κ3) is 5.43. The highest BCUT2D eigenvalue weighted by atomic mass is 16.2. The Morgan fingerprint density at radius 3 is 2.35 bits per heavy atom. The number of likely N-dealkylation sites (tertiary alicyclic amines) is 1. The number of piperidine rings is 1. The number of aromatic nitrogens is 1. The van der Waals surface area contributed by atoms with E-state index in [1.165, 1.54) is 5.56 Å². The van der Waals surface area contributed by atoms with Crippen LogP contribution < -0.4 is 4.90 Å². The second-order valence-corrected chi connectivity index (χ2v) is 8.29. The van der Waals surface area contributed by atoms with Crippen LogP contribution in [0.15, 0.2) is 66.5 Å². The van der Waals surface area contributed by atoms with Crippen LogP contribution in [0.5, 0.6) is 0 Å². The number of nitriles is 1. The molecule has 6 heteroatoms. The molecule has 6 nitrogen and oxygen atoms in total. The Kier molecular flexibility index (Phi) is 6.83. The molecule has 0 radical (unpaired) electrons. The summed E-state index contributed by atoms with van der Waals surface area (Å²) in [6.45, 7) is 4.64. The van der Waals surface area contributed by atoms with Crippen LogP contribution in [0.25, 0.3) is 0 Å². The van der Waals surface area contributed by atoms with Crippen LogP contribution in [0.1, 0.15) is 18.4 Å². The molecular weight excluding hydrogens is 386 g/mol. The van der Waals surface area contributed by atoms with E-state index in [0.29, 0.717) is 5.92 Å². The number of pyridine rings is 1. The first-order valence-corrected chi connectivity index (χ1v) is 11.1. The minimum absolute atomic E-state index is 0.132. The van der Waals surface area contributed by atoms with Gasteiger partial charge in [-0.15, -0.1) is 0 Å². The minimum Gasteiger partial charge on any atom is -0.373 e. The van der Waals surface area contributed by atoms with E-state index >= 15 is 0 Å². The molecule has 3 heterocycles. The standard InChI is InChI=1S/C25H29N5O/c26-19-23(20-28-14-16-29(17-15-28)24-8-4-5-11-27-24)25(31)30-12-9-22(10-13-30)18-21-6-2-1-3-7-21/h1-8,11,20,22H,9-10,12-18H2/b23-20-. The number of benzene rings is 1. The van der Waals surface area contributed by atoms with Crippen molar-refractivity contribution in [2.75, 3.05) is 44.2 Å². The van der Waals surface area contributed by atoms with Crippen molar-refractivity contribution in [3.05, 3.63) is 72.1 Å². The van der Waals surface area contributed by atoms with Crippen molar-refractivity contribution in [2.24, 2.45) is 5.92 Å². The van der Waals surface area contributed by atoms with Gasteiger partial charge in [0, 0.05) is 51.7 Å². The van der Waals surface area contributed by atoms with E-state index in [4.69, 9.17) is 0 Å². The highest BCUT2D eigenvalue weighted by Crippen LogP contribution is 2.23. The molecule has 31 heavy (non-hydrogen) atoms. The van der Waals surface area contributed by atoms with E-state index in [0.717, 1.165) is 64.3 Å². The summed E-state index contributed by atoms with van der Waals surface area (Å²) in [7, 11) is 0. The van der Waals surface area contributed by atoms with Crippen molar-refractivity contribution in [1.29, 1.82) is 5.26 Å². The van der Waals surface area contributed by atoms with E-state index in [2.05, 4.69) is 45.1 Å². The number of carbonyl (C=O) groups is 1. The summed E-state index contributed by atoms with van der Waals surface area (Å²) in [5.74, 6) is 1.44. The van der Waals surface area contributed by atoms with Gasteiger partial charge in [0.2, 0.25) is 0 Å². The van der Waals surface area contributed by atoms with Gasteiger partial charge in [-0.05, 0) is 42.9 Å². The number of anilines is 1. The number of amides is 1. The molecule has 0 N–H and O–H groups in total. The summed E-state index contributed by atoms with van der Waals surface area (Å²) in [6.07, 6.45) is 6.60. The lowest BCUT2D eigenvalue weighted by Gasteiger charge is -2.35. The van der Waals surface area contributed by atoms with E-state index in [-0.39, 0.29) is 11.5 Å². The van der Waals surface area contributed by atoms with Crippen molar-refractivity contribution >= 4 is 11.7 Å². The van der Waals surface area contributed by atoms with Crippen LogP contribution in [-0.4, -0.2) is 60.0 Å². The molecular formula is C25H29N5O. The molecule has 0 aliphatic carbocycles. The second-order valence-electron chi connectivity index (χ2n) is 8.29. The number of piperazine rings is 1. The number of carbonyl (C=O) groups excluding carboxylic acids is 1. The molecule has 2 saturated heterocycles. The van der Waals surface area contributed by atoms with E-state index < -0.39 is 0 Å². The average Bonchev–Trinajstić information content (AvgIpc) is 2.84. The van der Waals surface area contributed by atoms with Crippen LogP contribution in [-0.2, 0) is 11.2 Å². The maximum atomic E-state index is 12.9. The van der Waals surface area contributed by atoms with Gasteiger partial charge < -0.3 is 14.7 Å². The molecule has 2 aliphatic heterocycles. The average molecular weight is 416 g/mol. The van der Waals surface area contributed by atoms with Crippen molar-refractivity contribution in [3.63, 3.8) is 0 Å². The van der Waals surface area contributed by atoms with E-state index in [9.17, 15) is 10.1 Å². The maximum Gasteiger partial charge on any atom is 0.266 e. The fourth-order valence-corrected chi connectivity index (χ4v) is 4.39. The molecule has 1 aromatic carbocycles. The Balaban J connectivity index is 1.29. The highest BCUT2D eigenvalue weighted by molar-refractivity contribution is 5.97. The zero-order valence-electron chi connectivity index (χ0n) is 17.9. The van der Waals surface area contributed by atoms with Gasteiger partial charge in [-0.3, -0.25) is 4.79 Å². The fraction of sp³-hybridized carbons (Fsp3) is 0.400. The lowest BCUT2D eigenvalue weighted by molar-refractivity contribution is -0.128. The van der Waals surface area contributed by atoms with Crippen molar-refractivity contribution < 1.29 is 4.79 Å². The predicted molar refractivity (Wildman–Crippen MR) is 121 cm³/mol. The third-order valence-corrected chi connectivity index (χ3v) is 6.22. The van der Waals surface area contributed by atoms with Crippen LogP contribution in [0.4, 0.5) is 5.82 Å². The molecule has 0 unspecified atom stereocenters. The Morgan fingerprint density at radius 1 is 1.00 bits per heavy atom. The molecule has 4 rings (SSSR count). The number of nitrogens with zero attached hydrogens (tertiary/aromatic N) is 5. The summed E-state index contributed by atoms with van der Waals surface area (Å²) in [5, 5.41) is 9.62. The highest BCUT2D eigenvalue weighted by Gasteiger charge is 2.26. The van der Waals surface area contributed by atoms with Crippen LogP contribution in [0, 0.1) is 17.2 Å². The van der Waals surface area contributed by atoms with E-state index in [1.807, 2.05) is 29.2 Å². The maximum absolute atomic E-state index is 12.9. The number of hydrogen-bond donors (Lipinski definition) is 0. The fourth-order valence-electron chi connectivity index (χ4n) is 4.39. The molecule has 2 aromatic rings. The van der Waals surface area contributed by atoms with Gasteiger partial charge >= 0.3 is 0 Å². The van der Waals surface area contributed by atoms with Gasteiger partial charge in [-0.25, -0.2) is 4.98 Å². The Morgan fingerprint density at radius 2 is 1.71 bits per heavy atom. The first-order chi connectivity index (χ1) is 15.2. The van der Waals surface area contributed by atoms with Gasteiger partial charge in [0.15, 0.2) is 0 Å². The normalized spacial score (nSPS) is 18.0. The zero-order valence-corrected chi connectivity index (χ0v) is 17.9. The van der Waals surface area contributed by atoms with E-state index in [1.54, 1.807) is 12.4 Å². The Hall–Kier alpha value is -3.33. The number of rotatable bonds is 5. The topological polar surface area (TPSA) is 63.5 Å². The smallest absolute Gasteiger partial charge is 0.266 e. The molecule has 0 spiro atoms. The molecule has 0 atom stereocenters. The van der Waals surface area contributed by atoms with Crippen LogP contribution in [0.3, 0.4) is 0 Å². The SMILES string of the molecule is N#C/C(=C/N1CCN(c2ccccn2)CC1)C(=O)N1CCC(Cc2ccccc2)CC1. The monoisotopic (exact) mass is 415 g/mol. The minimum atomic E-state index is -0.132. The molecule has 160 valence electrons. The molecule has 2 fully saturated rings. The summed E-state index contributed by atoms with van der Waals surface area (Å²) in [6, 6.07) is 18.6. The summed E-state index contributed by atoms with van der Waals surface area (Å²) in [4.78, 5) is 23.5. The lowest BCUT2D eigenvalue weighted by Crippen LogP contribution is -2.45. The quantitative estimate of drug-likeness (QED) is 0.555. The van der Waals surface area contributed by atoms with Crippen LogP contribution in [0.2, 0.25) is 0 Å². The summed E-state index contributed by atoms with van der Waals surface area (Å²) >= 11 is 0. The predicted octanol–water partition coefficient (Wildman–Crippen LogP) is 3.09. The molecule has 1 amide bonds. The third-order valence-electron chi connectivity index (χ3n) is 6.22. The van der Waals surface area contributed by atoms with Crippen molar-refractivity contribution in [2.45, 2.75) is 19.3 Å². The van der Waals surface area contributed by atoms with Crippen molar-refractivity contribution in [3.8, 4) is 6.07 Å². The zero-order chi connectivity index (χ0) is 21.5. The largest absolute Gasteiger partial charge is 0.373 e. The van der Waals surface area contributed by atoms with Crippen LogP contribution >= 0.6 is 0 Å². The van der Waals surface area contributed by atoms with Gasteiger partial charge in [0.25, 0.3) is 5.91 Å². The molecule has 2 aliphatic rings. The summed E-state index contributed by atoms with van der Waals surface area (Å²) in [5.41, 5.74) is 1.60. The van der Waals surface area contributed by atoms with Gasteiger partial charge in [-0.2, -0.15) is 5.26 Å². The first-order valence-electron chi connectivity index (χ1n) is 11.1. The molecule has 1 aromatic heterocycles. The van der Waals surface area contributed by atoms with Crippen molar-refractivity contribution in [1.82, 2.24) is 14.8 Å². The second kappa shape index (κ2) is 10.1. The molecule has 0 saturated carbocycles. The lowest BCUT2D eigenvalue weighted by atomic mass is 9.90.